The standard InChI is InChI=1S/C25H25N7O4S2/c1-4-13-32-20-8-6-5-7-19(20)22-23(32)27-25(29-28-22)37-14-21(33)26-17-9-11-18(12-10-17)38(34,35)31-24-15(2)16(3)30-36-24/h5-12,31H,4,13-14H2,1-3H3,(H,26,33). The van der Waals surface area contributed by atoms with Gasteiger partial charge in [0.15, 0.2) is 5.65 Å². The zero-order valence-corrected chi connectivity index (χ0v) is 22.6. The molecular formula is C25H25N7O4S2. The van der Waals surface area contributed by atoms with Crippen LogP contribution >= 0.6 is 11.8 Å². The van der Waals surface area contributed by atoms with Crippen LogP contribution in [0.15, 0.2) is 63.1 Å². The third-order valence-corrected chi connectivity index (χ3v) is 8.15. The number of aryl methyl sites for hydroxylation is 2. The summed E-state index contributed by atoms with van der Waals surface area (Å²) in [7, 11) is -3.88. The molecule has 0 saturated heterocycles. The SMILES string of the molecule is CCCn1c2ccccc2c2nnc(SCC(=O)Nc3ccc(S(=O)(=O)Nc4onc(C)c4C)cc3)nc21. The predicted octanol–water partition coefficient (Wildman–Crippen LogP) is 4.53. The van der Waals surface area contributed by atoms with Gasteiger partial charge in [-0.25, -0.2) is 18.1 Å². The number of anilines is 2. The van der Waals surface area contributed by atoms with Crippen LogP contribution in [-0.4, -0.2) is 45.0 Å². The number of benzene rings is 2. The number of carbonyl (C=O) groups is 1. The molecule has 1 amide bonds. The quantitative estimate of drug-likeness (QED) is 0.252. The summed E-state index contributed by atoms with van der Waals surface area (Å²) in [5.41, 5.74) is 4.20. The molecule has 0 atom stereocenters. The van der Waals surface area contributed by atoms with E-state index in [0.29, 0.717) is 22.1 Å². The van der Waals surface area contributed by atoms with Crippen molar-refractivity contribution in [3.63, 3.8) is 0 Å². The summed E-state index contributed by atoms with van der Waals surface area (Å²) in [5.74, 6) is -0.149. The largest absolute Gasteiger partial charge is 0.337 e. The Kier molecular flexibility index (Phi) is 7.04. The summed E-state index contributed by atoms with van der Waals surface area (Å²) >= 11 is 1.18. The van der Waals surface area contributed by atoms with Crippen molar-refractivity contribution in [2.75, 3.05) is 15.8 Å². The number of nitrogens with one attached hydrogen (secondary N) is 2. The first-order chi connectivity index (χ1) is 18.3. The van der Waals surface area contributed by atoms with E-state index in [0.717, 1.165) is 35.0 Å². The van der Waals surface area contributed by atoms with Crippen LogP contribution in [0.2, 0.25) is 0 Å². The van der Waals surface area contributed by atoms with Gasteiger partial charge < -0.3 is 14.4 Å². The number of para-hydroxylation sites is 1. The molecular weight excluding hydrogens is 526 g/mol. The van der Waals surface area contributed by atoms with Gasteiger partial charge in [0, 0.05) is 23.2 Å². The number of rotatable bonds is 9. The number of amides is 1. The Morgan fingerprint density at radius 2 is 1.84 bits per heavy atom. The number of hydrogen-bond donors (Lipinski definition) is 2. The van der Waals surface area contributed by atoms with Gasteiger partial charge in [0.25, 0.3) is 10.0 Å². The molecule has 13 heteroatoms. The molecule has 2 aromatic carbocycles. The summed E-state index contributed by atoms with van der Waals surface area (Å²) < 4.78 is 34.9. The highest BCUT2D eigenvalue weighted by molar-refractivity contribution is 7.99. The van der Waals surface area contributed by atoms with Crippen molar-refractivity contribution >= 4 is 61.3 Å². The fourth-order valence-electron chi connectivity index (χ4n) is 3.94. The second kappa shape index (κ2) is 10.4. The van der Waals surface area contributed by atoms with Gasteiger partial charge in [-0.05, 0) is 50.6 Å². The zero-order valence-electron chi connectivity index (χ0n) is 20.9. The molecule has 3 heterocycles. The Morgan fingerprint density at radius 1 is 1.08 bits per heavy atom. The monoisotopic (exact) mass is 551 g/mol. The number of sulfonamides is 1. The van der Waals surface area contributed by atoms with Crippen LogP contribution < -0.4 is 10.0 Å². The van der Waals surface area contributed by atoms with Gasteiger partial charge in [-0.3, -0.25) is 4.79 Å². The minimum atomic E-state index is -3.88. The van der Waals surface area contributed by atoms with Gasteiger partial charge in [0.1, 0.15) is 5.52 Å². The van der Waals surface area contributed by atoms with E-state index in [-0.39, 0.29) is 22.4 Å². The molecule has 2 N–H and O–H groups in total. The summed E-state index contributed by atoms with van der Waals surface area (Å²) in [6.07, 6.45) is 0.943. The zero-order chi connectivity index (χ0) is 26.9. The number of thioether (sulfide) groups is 1. The molecule has 0 radical (unpaired) electrons. The second-order valence-corrected chi connectivity index (χ2v) is 11.2. The number of fused-ring (bicyclic) bond motifs is 3. The molecule has 5 rings (SSSR count). The van der Waals surface area contributed by atoms with E-state index in [1.54, 1.807) is 13.8 Å². The van der Waals surface area contributed by atoms with Gasteiger partial charge in [0.05, 0.1) is 21.9 Å². The molecule has 0 bridgehead atoms. The van der Waals surface area contributed by atoms with Gasteiger partial charge in [0.2, 0.25) is 16.9 Å². The smallest absolute Gasteiger partial charge is 0.264 e. The molecule has 0 fully saturated rings. The van der Waals surface area contributed by atoms with Crippen LogP contribution in [0.5, 0.6) is 0 Å². The summed E-state index contributed by atoms with van der Waals surface area (Å²) in [6, 6.07) is 13.8. The Balaban J connectivity index is 1.24. The first-order valence-electron chi connectivity index (χ1n) is 11.9. The summed E-state index contributed by atoms with van der Waals surface area (Å²) in [5, 5.41) is 16.5. The van der Waals surface area contributed by atoms with Crippen molar-refractivity contribution < 1.29 is 17.7 Å². The van der Waals surface area contributed by atoms with E-state index < -0.39 is 10.0 Å². The van der Waals surface area contributed by atoms with Crippen LogP contribution in [0.25, 0.3) is 22.1 Å². The Morgan fingerprint density at radius 3 is 2.55 bits per heavy atom. The summed E-state index contributed by atoms with van der Waals surface area (Å²) in [4.78, 5) is 17.3. The molecule has 11 nitrogen and oxygen atoms in total. The van der Waals surface area contributed by atoms with Crippen molar-refractivity contribution in [1.82, 2.24) is 24.9 Å². The van der Waals surface area contributed by atoms with E-state index >= 15 is 0 Å². The third-order valence-electron chi connectivity index (χ3n) is 5.97. The van der Waals surface area contributed by atoms with E-state index in [1.165, 1.54) is 36.0 Å². The van der Waals surface area contributed by atoms with Gasteiger partial charge in [-0.1, -0.05) is 42.0 Å². The van der Waals surface area contributed by atoms with Crippen LogP contribution in [-0.2, 0) is 21.4 Å². The van der Waals surface area contributed by atoms with Crippen LogP contribution in [0.4, 0.5) is 11.6 Å². The molecule has 0 aliphatic carbocycles. The van der Waals surface area contributed by atoms with Gasteiger partial charge in [-0.15, -0.1) is 10.2 Å². The van der Waals surface area contributed by atoms with E-state index in [4.69, 9.17) is 4.52 Å². The number of nitrogens with zero attached hydrogens (tertiary/aromatic N) is 5. The fraction of sp³-hybridized carbons (Fsp3) is 0.240. The molecule has 0 unspecified atom stereocenters. The van der Waals surface area contributed by atoms with E-state index in [1.807, 2.05) is 24.3 Å². The lowest BCUT2D eigenvalue weighted by molar-refractivity contribution is -0.113. The van der Waals surface area contributed by atoms with Crippen molar-refractivity contribution in [2.45, 2.75) is 43.8 Å². The summed E-state index contributed by atoms with van der Waals surface area (Å²) in [6.45, 7) is 6.34. The first kappa shape index (κ1) is 25.7. The van der Waals surface area contributed by atoms with Crippen LogP contribution in [0.3, 0.4) is 0 Å². The fourth-order valence-corrected chi connectivity index (χ4v) is 5.57. The predicted molar refractivity (Wildman–Crippen MR) is 146 cm³/mol. The highest BCUT2D eigenvalue weighted by atomic mass is 32.2. The van der Waals surface area contributed by atoms with E-state index in [2.05, 4.69) is 41.9 Å². The maximum absolute atomic E-state index is 12.7. The molecule has 0 saturated carbocycles. The Bertz CT molecular complexity index is 1750. The van der Waals surface area contributed by atoms with Crippen molar-refractivity contribution in [1.29, 1.82) is 0 Å². The van der Waals surface area contributed by atoms with Crippen molar-refractivity contribution in [3.8, 4) is 0 Å². The lowest BCUT2D eigenvalue weighted by Crippen LogP contribution is -2.15. The Hall–Kier alpha value is -3.97. The highest BCUT2D eigenvalue weighted by Crippen LogP contribution is 2.27. The van der Waals surface area contributed by atoms with E-state index in [9.17, 15) is 13.2 Å². The molecule has 0 aliphatic heterocycles. The third kappa shape index (κ3) is 5.07. The molecule has 0 aliphatic rings. The van der Waals surface area contributed by atoms with Crippen molar-refractivity contribution in [2.24, 2.45) is 0 Å². The maximum atomic E-state index is 12.7. The number of hydrogen-bond acceptors (Lipinski definition) is 9. The number of carbonyl (C=O) groups excluding carboxylic acids is 1. The normalized spacial score (nSPS) is 11.8. The molecule has 196 valence electrons. The Labute approximate surface area is 223 Å². The topological polar surface area (TPSA) is 145 Å². The average Bonchev–Trinajstić information content (AvgIpc) is 3.39. The van der Waals surface area contributed by atoms with Gasteiger partial charge >= 0.3 is 0 Å². The average molecular weight is 552 g/mol. The number of aromatic nitrogens is 5. The van der Waals surface area contributed by atoms with Gasteiger partial charge in [-0.2, -0.15) is 0 Å². The molecule has 38 heavy (non-hydrogen) atoms. The van der Waals surface area contributed by atoms with Crippen molar-refractivity contribution in [3.05, 3.63) is 59.8 Å². The molecule has 3 aromatic heterocycles. The lowest BCUT2D eigenvalue weighted by Gasteiger charge is -2.08. The van der Waals surface area contributed by atoms with Crippen LogP contribution in [0, 0.1) is 13.8 Å². The minimum absolute atomic E-state index is 0.0218. The van der Waals surface area contributed by atoms with Crippen LogP contribution in [0.1, 0.15) is 24.6 Å². The maximum Gasteiger partial charge on any atom is 0.264 e. The minimum Gasteiger partial charge on any atom is -0.337 e. The lowest BCUT2D eigenvalue weighted by atomic mass is 10.2. The first-order valence-corrected chi connectivity index (χ1v) is 14.3. The highest BCUT2D eigenvalue weighted by Gasteiger charge is 2.19. The molecule has 5 aromatic rings. The molecule has 0 spiro atoms. The second-order valence-electron chi connectivity index (χ2n) is 8.62.